The summed E-state index contributed by atoms with van der Waals surface area (Å²) in [5.41, 5.74) is 3.15. The van der Waals surface area contributed by atoms with Crippen molar-refractivity contribution in [3.05, 3.63) is 53.5 Å². The fraction of sp³-hybridized carbons (Fsp3) is 0.278. The average molecular weight is 335 g/mol. The van der Waals surface area contributed by atoms with Gasteiger partial charge in [-0.25, -0.2) is 9.67 Å². The van der Waals surface area contributed by atoms with Crippen LogP contribution in [0.5, 0.6) is 0 Å². The van der Waals surface area contributed by atoms with Gasteiger partial charge in [0.15, 0.2) is 0 Å². The predicted octanol–water partition coefficient (Wildman–Crippen LogP) is 3.84. The van der Waals surface area contributed by atoms with E-state index in [1.54, 1.807) is 0 Å². The molecule has 2 aromatic heterocycles. The second-order valence-corrected chi connectivity index (χ2v) is 7.27. The van der Waals surface area contributed by atoms with Crippen LogP contribution in [0.25, 0.3) is 21.3 Å². The molecule has 4 aromatic rings. The first kappa shape index (κ1) is 14.1. The first-order valence-electron chi connectivity index (χ1n) is 8.26. The highest BCUT2D eigenvalue weighted by molar-refractivity contribution is 7.18. The van der Waals surface area contributed by atoms with E-state index in [4.69, 9.17) is 4.98 Å². The molecule has 24 heavy (non-hydrogen) atoms. The Kier molecular flexibility index (Phi) is 3.31. The van der Waals surface area contributed by atoms with Crippen LogP contribution in [0.3, 0.4) is 0 Å². The highest BCUT2D eigenvalue weighted by Crippen LogP contribution is 2.36. The van der Waals surface area contributed by atoms with E-state index in [0.717, 1.165) is 36.2 Å². The molecule has 1 fully saturated rings. The Morgan fingerprint density at radius 3 is 2.79 bits per heavy atom. The lowest BCUT2D eigenvalue weighted by atomic mass is 10.2. The molecule has 0 radical (unpaired) electrons. The summed E-state index contributed by atoms with van der Waals surface area (Å²) < 4.78 is 3.27. The summed E-state index contributed by atoms with van der Waals surface area (Å²) in [6.07, 6.45) is 2.36. The van der Waals surface area contributed by atoms with Crippen molar-refractivity contribution in [3.8, 4) is 0 Å². The van der Waals surface area contributed by atoms with Crippen LogP contribution in [0.2, 0.25) is 0 Å². The Hall–Kier alpha value is -2.31. The molecule has 2 aromatic carbocycles. The Labute approximate surface area is 143 Å². The Morgan fingerprint density at radius 2 is 1.88 bits per heavy atom. The summed E-state index contributed by atoms with van der Waals surface area (Å²) in [6.45, 7) is 1.84. The van der Waals surface area contributed by atoms with Gasteiger partial charge in [0.1, 0.15) is 10.5 Å². The molecule has 5 nitrogen and oxygen atoms in total. The molecule has 1 atom stereocenters. The Bertz CT molecular complexity index is 972. The Morgan fingerprint density at radius 1 is 1.04 bits per heavy atom. The quantitative estimate of drug-likeness (QED) is 0.571. The second-order valence-electron chi connectivity index (χ2n) is 6.21. The number of nitrogens with zero attached hydrogens (tertiary/aromatic N) is 5. The molecular formula is C18H17N5S. The van der Waals surface area contributed by atoms with E-state index in [2.05, 4.69) is 45.5 Å². The van der Waals surface area contributed by atoms with Crippen molar-refractivity contribution >= 4 is 32.6 Å². The minimum Gasteiger partial charge on any atom is -0.275 e. The van der Waals surface area contributed by atoms with Gasteiger partial charge in [-0.3, -0.25) is 4.90 Å². The SMILES string of the molecule is c1ccc2sc([C@@H]3CCCN3Cn3nnc4ccccc43)nc2c1. The molecule has 1 aliphatic heterocycles. The van der Waals surface area contributed by atoms with E-state index in [1.165, 1.54) is 16.1 Å². The molecule has 6 heteroatoms. The zero-order valence-electron chi connectivity index (χ0n) is 13.2. The number of thiazole rings is 1. The number of benzene rings is 2. The summed E-state index contributed by atoms with van der Waals surface area (Å²) in [5, 5.41) is 9.82. The van der Waals surface area contributed by atoms with Gasteiger partial charge >= 0.3 is 0 Å². The Balaban J connectivity index is 1.46. The third kappa shape index (κ3) is 2.30. The average Bonchev–Trinajstić information content (AvgIpc) is 3.33. The lowest BCUT2D eigenvalue weighted by Gasteiger charge is -2.22. The first-order chi connectivity index (χ1) is 11.9. The minimum absolute atomic E-state index is 0.380. The van der Waals surface area contributed by atoms with Crippen LogP contribution >= 0.6 is 11.3 Å². The van der Waals surface area contributed by atoms with E-state index in [1.807, 2.05) is 34.2 Å². The molecular weight excluding hydrogens is 318 g/mol. The monoisotopic (exact) mass is 335 g/mol. The standard InChI is InChI=1S/C18H17N5S/c1-3-8-15-13(6-1)20-21-23(15)12-22-11-5-9-16(22)18-19-14-7-2-4-10-17(14)24-18/h1-4,6-8,10,16H,5,9,11-12H2/t16-/m0/s1. The van der Waals surface area contributed by atoms with Crippen LogP contribution in [0.1, 0.15) is 23.9 Å². The lowest BCUT2D eigenvalue weighted by Crippen LogP contribution is -2.26. The predicted molar refractivity (Wildman–Crippen MR) is 95.8 cm³/mol. The normalized spacial score (nSPS) is 18.8. The van der Waals surface area contributed by atoms with E-state index >= 15 is 0 Å². The van der Waals surface area contributed by atoms with Crippen molar-refractivity contribution in [3.63, 3.8) is 0 Å². The number of hydrogen-bond acceptors (Lipinski definition) is 5. The maximum atomic E-state index is 4.87. The van der Waals surface area contributed by atoms with Crippen molar-refractivity contribution in [1.29, 1.82) is 0 Å². The molecule has 0 aliphatic carbocycles. The maximum absolute atomic E-state index is 4.87. The van der Waals surface area contributed by atoms with Crippen LogP contribution in [0.15, 0.2) is 48.5 Å². The number of rotatable bonds is 3. The summed E-state index contributed by atoms with van der Waals surface area (Å²) in [4.78, 5) is 7.34. The summed E-state index contributed by atoms with van der Waals surface area (Å²) in [7, 11) is 0. The number of hydrogen-bond donors (Lipinski definition) is 0. The number of para-hydroxylation sites is 2. The van der Waals surface area contributed by atoms with E-state index in [0.29, 0.717) is 6.04 Å². The fourth-order valence-corrected chi connectivity index (χ4v) is 4.64. The minimum atomic E-state index is 0.380. The van der Waals surface area contributed by atoms with Gasteiger partial charge in [-0.15, -0.1) is 16.4 Å². The molecule has 0 saturated carbocycles. The molecule has 0 spiro atoms. The smallest absolute Gasteiger partial charge is 0.113 e. The third-order valence-corrected chi connectivity index (χ3v) is 5.83. The zero-order chi connectivity index (χ0) is 15.9. The van der Waals surface area contributed by atoms with Gasteiger partial charge in [-0.2, -0.15) is 0 Å². The van der Waals surface area contributed by atoms with Crippen molar-refractivity contribution in [2.75, 3.05) is 6.54 Å². The van der Waals surface area contributed by atoms with E-state index in [9.17, 15) is 0 Å². The van der Waals surface area contributed by atoms with Crippen molar-refractivity contribution < 1.29 is 0 Å². The van der Waals surface area contributed by atoms with Crippen LogP contribution in [-0.2, 0) is 6.67 Å². The second kappa shape index (κ2) is 5.65. The maximum Gasteiger partial charge on any atom is 0.113 e. The van der Waals surface area contributed by atoms with Gasteiger partial charge < -0.3 is 0 Å². The van der Waals surface area contributed by atoms with Crippen LogP contribution in [0.4, 0.5) is 0 Å². The largest absolute Gasteiger partial charge is 0.275 e. The van der Waals surface area contributed by atoms with Crippen LogP contribution in [-0.4, -0.2) is 31.4 Å². The van der Waals surface area contributed by atoms with Gasteiger partial charge in [0, 0.05) is 6.54 Å². The van der Waals surface area contributed by atoms with Crippen molar-refractivity contribution in [1.82, 2.24) is 24.9 Å². The number of fused-ring (bicyclic) bond motifs is 2. The molecule has 120 valence electrons. The molecule has 0 N–H and O–H groups in total. The van der Waals surface area contributed by atoms with E-state index in [-0.39, 0.29) is 0 Å². The molecule has 0 bridgehead atoms. The zero-order valence-corrected chi connectivity index (χ0v) is 14.0. The molecule has 3 heterocycles. The summed E-state index contributed by atoms with van der Waals surface area (Å²) in [5.74, 6) is 0. The molecule has 1 saturated heterocycles. The number of aromatic nitrogens is 4. The highest BCUT2D eigenvalue weighted by atomic mass is 32.1. The van der Waals surface area contributed by atoms with Crippen molar-refractivity contribution in [2.45, 2.75) is 25.6 Å². The topological polar surface area (TPSA) is 46.8 Å². The molecule has 0 amide bonds. The van der Waals surface area contributed by atoms with Gasteiger partial charge in [0.25, 0.3) is 0 Å². The summed E-state index contributed by atoms with van der Waals surface area (Å²) in [6, 6.07) is 16.9. The summed E-state index contributed by atoms with van der Waals surface area (Å²) >= 11 is 1.82. The van der Waals surface area contributed by atoms with Crippen LogP contribution in [0, 0.1) is 0 Å². The van der Waals surface area contributed by atoms with Gasteiger partial charge in [-0.1, -0.05) is 29.5 Å². The van der Waals surface area contributed by atoms with Gasteiger partial charge in [0.2, 0.25) is 0 Å². The first-order valence-corrected chi connectivity index (χ1v) is 9.08. The molecule has 1 aliphatic rings. The fourth-order valence-electron chi connectivity index (χ4n) is 3.50. The lowest BCUT2D eigenvalue weighted by molar-refractivity contribution is 0.193. The van der Waals surface area contributed by atoms with Gasteiger partial charge in [-0.05, 0) is 37.1 Å². The molecule has 0 unspecified atom stereocenters. The van der Waals surface area contributed by atoms with Crippen molar-refractivity contribution in [2.24, 2.45) is 0 Å². The van der Waals surface area contributed by atoms with E-state index < -0.39 is 0 Å². The third-order valence-electron chi connectivity index (χ3n) is 4.69. The van der Waals surface area contributed by atoms with Gasteiger partial charge in [0.05, 0.1) is 28.4 Å². The molecule has 5 rings (SSSR count). The number of likely N-dealkylation sites (tertiary alicyclic amines) is 1. The highest BCUT2D eigenvalue weighted by Gasteiger charge is 2.29. The van der Waals surface area contributed by atoms with Crippen LogP contribution < -0.4 is 0 Å².